The SMILES string of the molecule is CC[C@@H](C(=O)NC1CCCCC1)N(Cc1ccccc1C)C(=O)Cc1ccc(OC)cc1. The Morgan fingerprint density at radius 3 is 2.38 bits per heavy atom. The normalized spacial score (nSPS) is 15.1. The molecule has 0 aliphatic heterocycles. The van der Waals surface area contributed by atoms with Crippen LogP contribution < -0.4 is 10.1 Å². The summed E-state index contributed by atoms with van der Waals surface area (Å²) in [6.45, 7) is 4.46. The fourth-order valence-electron chi connectivity index (χ4n) is 4.45. The lowest BCUT2D eigenvalue weighted by Gasteiger charge is -2.33. The van der Waals surface area contributed by atoms with Crippen LogP contribution in [-0.4, -0.2) is 35.9 Å². The number of rotatable bonds is 9. The van der Waals surface area contributed by atoms with E-state index in [1.807, 2.05) is 62.4 Å². The van der Waals surface area contributed by atoms with E-state index in [9.17, 15) is 9.59 Å². The minimum Gasteiger partial charge on any atom is -0.497 e. The molecule has 0 aromatic heterocycles. The van der Waals surface area contributed by atoms with E-state index in [0.717, 1.165) is 48.1 Å². The van der Waals surface area contributed by atoms with Crippen LogP contribution in [-0.2, 0) is 22.6 Å². The molecule has 0 bridgehead atoms. The first kappa shape index (κ1) is 23.8. The summed E-state index contributed by atoms with van der Waals surface area (Å²) in [7, 11) is 1.63. The molecule has 1 aliphatic carbocycles. The van der Waals surface area contributed by atoms with E-state index < -0.39 is 6.04 Å². The van der Waals surface area contributed by atoms with E-state index in [-0.39, 0.29) is 24.3 Å². The summed E-state index contributed by atoms with van der Waals surface area (Å²) in [6.07, 6.45) is 6.45. The van der Waals surface area contributed by atoms with Crippen LogP contribution in [0.15, 0.2) is 48.5 Å². The summed E-state index contributed by atoms with van der Waals surface area (Å²) in [5, 5.41) is 3.24. The molecule has 0 unspecified atom stereocenters. The second-order valence-corrected chi connectivity index (χ2v) is 8.74. The fourth-order valence-corrected chi connectivity index (χ4v) is 4.45. The number of aryl methyl sites for hydroxylation is 1. The number of benzene rings is 2. The molecule has 1 N–H and O–H groups in total. The Balaban J connectivity index is 1.80. The number of carbonyl (C=O) groups is 2. The van der Waals surface area contributed by atoms with Crippen molar-refractivity contribution in [2.75, 3.05) is 7.11 Å². The fraction of sp³-hybridized carbons (Fsp3) is 0.481. The number of hydrogen-bond donors (Lipinski definition) is 1. The second kappa shape index (κ2) is 11.7. The van der Waals surface area contributed by atoms with Crippen molar-refractivity contribution in [3.8, 4) is 5.75 Å². The van der Waals surface area contributed by atoms with Gasteiger partial charge in [-0.3, -0.25) is 9.59 Å². The molecule has 0 saturated heterocycles. The van der Waals surface area contributed by atoms with Crippen LogP contribution in [0.5, 0.6) is 5.75 Å². The van der Waals surface area contributed by atoms with Crippen LogP contribution in [0.25, 0.3) is 0 Å². The molecule has 1 saturated carbocycles. The van der Waals surface area contributed by atoms with Gasteiger partial charge in [0.05, 0.1) is 13.5 Å². The van der Waals surface area contributed by atoms with Crippen molar-refractivity contribution in [3.63, 3.8) is 0 Å². The van der Waals surface area contributed by atoms with Gasteiger partial charge in [0.2, 0.25) is 11.8 Å². The van der Waals surface area contributed by atoms with Crippen LogP contribution in [0.2, 0.25) is 0 Å². The highest BCUT2D eigenvalue weighted by Crippen LogP contribution is 2.21. The molecular formula is C27H36N2O3. The number of nitrogens with zero attached hydrogens (tertiary/aromatic N) is 1. The zero-order chi connectivity index (χ0) is 22.9. The van der Waals surface area contributed by atoms with Crippen LogP contribution in [0.4, 0.5) is 0 Å². The van der Waals surface area contributed by atoms with Crippen molar-refractivity contribution < 1.29 is 14.3 Å². The number of nitrogens with one attached hydrogen (secondary N) is 1. The Kier molecular flexibility index (Phi) is 8.72. The van der Waals surface area contributed by atoms with Crippen LogP contribution in [0.1, 0.15) is 62.1 Å². The maximum Gasteiger partial charge on any atom is 0.243 e. The van der Waals surface area contributed by atoms with Gasteiger partial charge in [0.25, 0.3) is 0 Å². The molecule has 0 radical (unpaired) electrons. The van der Waals surface area contributed by atoms with Crippen molar-refractivity contribution >= 4 is 11.8 Å². The summed E-state index contributed by atoms with van der Waals surface area (Å²) in [4.78, 5) is 28.5. The lowest BCUT2D eigenvalue weighted by Crippen LogP contribution is -2.52. The number of carbonyl (C=O) groups excluding carboxylic acids is 2. The van der Waals surface area contributed by atoms with Gasteiger partial charge in [0, 0.05) is 12.6 Å². The maximum absolute atomic E-state index is 13.5. The Morgan fingerprint density at radius 1 is 1.06 bits per heavy atom. The van der Waals surface area contributed by atoms with Gasteiger partial charge in [-0.25, -0.2) is 0 Å². The van der Waals surface area contributed by atoms with E-state index in [2.05, 4.69) is 5.32 Å². The second-order valence-electron chi connectivity index (χ2n) is 8.74. The molecular weight excluding hydrogens is 400 g/mol. The Morgan fingerprint density at radius 2 is 1.75 bits per heavy atom. The molecule has 172 valence electrons. The van der Waals surface area contributed by atoms with Gasteiger partial charge in [0.1, 0.15) is 11.8 Å². The quantitative estimate of drug-likeness (QED) is 0.614. The van der Waals surface area contributed by atoms with Crippen molar-refractivity contribution in [1.29, 1.82) is 0 Å². The molecule has 1 aliphatic rings. The third-order valence-corrected chi connectivity index (χ3v) is 6.45. The van der Waals surface area contributed by atoms with E-state index in [4.69, 9.17) is 4.74 Å². The van der Waals surface area contributed by atoms with Crippen molar-refractivity contribution in [1.82, 2.24) is 10.2 Å². The largest absolute Gasteiger partial charge is 0.497 e. The number of methoxy groups -OCH3 is 1. The highest BCUT2D eigenvalue weighted by atomic mass is 16.5. The summed E-state index contributed by atoms with van der Waals surface area (Å²) in [6, 6.07) is 15.3. The van der Waals surface area contributed by atoms with Gasteiger partial charge in [-0.2, -0.15) is 0 Å². The summed E-state index contributed by atoms with van der Waals surface area (Å²) in [5.41, 5.74) is 3.10. The first-order valence-corrected chi connectivity index (χ1v) is 11.8. The molecule has 2 aromatic rings. The average molecular weight is 437 g/mol. The minimum atomic E-state index is -0.484. The summed E-state index contributed by atoms with van der Waals surface area (Å²) in [5.74, 6) is 0.691. The van der Waals surface area contributed by atoms with Gasteiger partial charge in [-0.15, -0.1) is 0 Å². The summed E-state index contributed by atoms with van der Waals surface area (Å²) < 4.78 is 5.22. The molecule has 3 rings (SSSR count). The van der Waals surface area contributed by atoms with Gasteiger partial charge >= 0.3 is 0 Å². The Labute approximate surface area is 192 Å². The maximum atomic E-state index is 13.5. The van der Waals surface area contributed by atoms with E-state index >= 15 is 0 Å². The summed E-state index contributed by atoms with van der Waals surface area (Å²) >= 11 is 0. The smallest absolute Gasteiger partial charge is 0.243 e. The first-order chi connectivity index (χ1) is 15.5. The zero-order valence-electron chi connectivity index (χ0n) is 19.6. The third kappa shape index (κ3) is 6.35. The molecule has 2 aromatic carbocycles. The highest BCUT2D eigenvalue weighted by molar-refractivity contribution is 5.88. The topological polar surface area (TPSA) is 58.6 Å². The molecule has 0 heterocycles. The van der Waals surface area contributed by atoms with E-state index in [1.54, 1.807) is 12.0 Å². The molecule has 1 atom stereocenters. The van der Waals surface area contributed by atoms with E-state index in [1.165, 1.54) is 6.42 Å². The molecule has 5 heteroatoms. The van der Waals surface area contributed by atoms with Crippen molar-refractivity contribution in [2.45, 2.75) is 77.4 Å². The molecule has 1 fully saturated rings. The molecule has 2 amide bonds. The Bertz CT molecular complexity index is 888. The monoisotopic (exact) mass is 436 g/mol. The van der Waals surface area contributed by atoms with Gasteiger partial charge in [-0.1, -0.05) is 62.6 Å². The standard InChI is InChI=1S/C27H36N2O3/c1-4-25(27(31)28-23-12-6-5-7-13-23)29(19-22-11-9-8-10-20(22)2)26(30)18-21-14-16-24(32-3)17-15-21/h8-11,14-17,23,25H,4-7,12-13,18-19H2,1-3H3,(H,28,31)/t25-/m0/s1. The predicted molar refractivity (Wildman–Crippen MR) is 128 cm³/mol. The molecule has 32 heavy (non-hydrogen) atoms. The van der Waals surface area contributed by atoms with E-state index in [0.29, 0.717) is 13.0 Å². The van der Waals surface area contributed by atoms with Gasteiger partial charge < -0.3 is 15.0 Å². The van der Waals surface area contributed by atoms with Gasteiger partial charge in [0.15, 0.2) is 0 Å². The lowest BCUT2D eigenvalue weighted by atomic mass is 9.95. The minimum absolute atomic E-state index is 0.0314. The average Bonchev–Trinajstić information content (AvgIpc) is 2.81. The van der Waals surface area contributed by atoms with Crippen LogP contribution in [0, 0.1) is 6.92 Å². The number of ether oxygens (including phenoxy) is 1. The zero-order valence-corrected chi connectivity index (χ0v) is 19.6. The van der Waals surface area contributed by atoms with Crippen molar-refractivity contribution in [2.24, 2.45) is 0 Å². The Hall–Kier alpha value is -2.82. The first-order valence-electron chi connectivity index (χ1n) is 11.8. The van der Waals surface area contributed by atoms with Crippen molar-refractivity contribution in [3.05, 3.63) is 65.2 Å². The third-order valence-electron chi connectivity index (χ3n) is 6.45. The lowest BCUT2D eigenvalue weighted by molar-refractivity contribution is -0.141. The molecule has 0 spiro atoms. The number of hydrogen-bond acceptors (Lipinski definition) is 3. The van der Waals surface area contributed by atoms with Crippen LogP contribution in [0.3, 0.4) is 0 Å². The van der Waals surface area contributed by atoms with Crippen LogP contribution >= 0.6 is 0 Å². The highest BCUT2D eigenvalue weighted by Gasteiger charge is 2.30. The van der Waals surface area contributed by atoms with Gasteiger partial charge in [-0.05, 0) is 55.0 Å². The predicted octanol–water partition coefficient (Wildman–Crippen LogP) is 4.80. The molecule has 5 nitrogen and oxygen atoms in total. The number of amides is 2.